The van der Waals surface area contributed by atoms with Gasteiger partial charge in [-0.05, 0) is 155 Å². The predicted molar refractivity (Wildman–Crippen MR) is 289 cm³/mol. The van der Waals surface area contributed by atoms with Crippen LogP contribution in [-0.2, 0) is 10.8 Å². The van der Waals surface area contributed by atoms with E-state index in [0.717, 1.165) is 18.5 Å². The lowest BCUT2D eigenvalue weighted by Crippen LogP contribution is -2.34. The highest BCUT2D eigenvalue weighted by atomic mass is 15.2. The molecule has 0 atom stereocenters. The zero-order chi connectivity index (χ0) is 45.7. The zero-order valence-electron chi connectivity index (χ0n) is 39.1. The number of fused-ring (bicyclic) bond motifs is 6. The van der Waals surface area contributed by atoms with Gasteiger partial charge in [0.1, 0.15) is 0 Å². The second-order valence-corrected chi connectivity index (χ2v) is 20.0. The molecule has 0 N–H and O–H groups in total. The van der Waals surface area contributed by atoms with Crippen LogP contribution in [0.25, 0.3) is 65.7 Å². The molecular formula is C66H52N2. The summed E-state index contributed by atoms with van der Waals surface area (Å²) in [5.41, 5.74) is 20.0. The van der Waals surface area contributed by atoms with E-state index in [9.17, 15) is 0 Å². The van der Waals surface area contributed by atoms with Crippen LogP contribution >= 0.6 is 0 Å². The van der Waals surface area contributed by atoms with Crippen LogP contribution in [-0.4, -0.2) is 0 Å². The highest BCUT2D eigenvalue weighted by Gasteiger charge is 2.39. The number of rotatable bonds is 5. The highest BCUT2D eigenvalue weighted by Crippen LogP contribution is 2.55. The fourth-order valence-corrected chi connectivity index (χ4v) is 12.1. The van der Waals surface area contributed by atoms with Crippen molar-refractivity contribution in [1.82, 2.24) is 0 Å². The van der Waals surface area contributed by atoms with E-state index >= 15 is 0 Å². The van der Waals surface area contributed by atoms with Gasteiger partial charge in [0.2, 0.25) is 0 Å². The Kier molecular flexibility index (Phi) is 9.08. The van der Waals surface area contributed by atoms with Crippen molar-refractivity contribution in [3.63, 3.8) is 0 Å². The summed E-state index contributed by atoms with van der Waals surface area (Å²) in [7, 11) is 0. The van der Waals surface area contributed by atoms with Gasteiger partial charge in [-0.15, -0.1) is 0 Å². The monoisotopic (exact) mass is 872 g/mol. The van der Waals surface area contributed by atoms with Gasteiger partial charge in [0, 0.05) is 33.6 Å². The van der Waals surface area contributed by atoms with E-state index in [0.29, 0.717) is 0 Å². The smallest absolute Gasteiger partial charge is 0.0502 e. The fraction of sp³-hybridized carbons (Fsp3) is 0.121. The first kappa shape index (κ1) is 40.3. The maximum absolute atomic E-state index is 2.58. The molecule has 3 aliphatic rings. The third-order valence-corrected chi connectivity index (χ3v) is 15.4. The molecule has 2 heteroatoms. The number of benzene rings is 10. The lowest BCUT2D eigenvalue weighted by molar-refractivity contribution is 0.603. The average Bonchev–Trinajstić information content (AvgIpc) is 3.38. The molecule has 0 fully saturated rings. The summed E-state index contributed by atoms with van der Waals surface area (Å²) in [6.45, 7) is 9.51. The topological polar surface area (TPSA) is 6.48 Å². The van der Waals surface area contributed by atoms with Crippen molar-refractivity contribution in [3.8, 4) is 33.4 Å². The van der Waals surface area contributed by atoms with Gasteiger partial charge < -0.3 is 9.80 Å². The van der Waals surface area contributed by atoms with Gasteiger partial charge in [-0.3, -0.25) is 0 Å². The van der Waals surface area contributed by atoms with Gasteiger partial charge in [0.05, 0.1) is 11.4 Å². The first-order chi connectivity index (χ1) is 33.3. The van der Waals surface area contributed by atoms with Crippen LogP contribution in [0.3, 0.4) is 0 Å². The standard InChI is InChI=1S/C66H52N2/c1-65(2)55-23-11-15-27-59(55)67(60-28-16-12-24-56(60)65)49-36-38-52-53(41-49)63(44-21-9-6-10-22-44)51-37-35-50(68-61-29-17-13-25-57(61)66(3,4)58-26-14-18-30-62(58)68)42-54(51)64(52)48-34-33-46-39-45(31-32-47(46)40-48)43-19-7-5-8-20-43/h5-15,17-27,29-42H,16,28H2,1-4H3. The van der Waals surface area contributed by atoms with Crippen LogP contribution in [0.1, 0.15) is 57.2 Å². The summed E-state index contributed by atoms with van der Waals surface area (Å²) in [5.74, 6) is 0. The van der Waals surface area contributed by atoms with E-state index in [2.05, 4.69) is 256 Å². The number of nitrogens with zero attached hydrogens (tertiary/aromatic N) is 2. The molecule has 0 saturated carbocycles. The molecule has 326 valence electrons. The molecule has 2 nitrogen and oxygen atoms in total. The SMILES string of the molecule is CC1(C)C2=C(CCC=C2)N(c2ccc3c(-c4ccc5cc(-c6ccccc6)ccc5c4)c4cc(N5c6ccccc6C(C)(C)c6ccccc65)ccc4c(-c4ccccc4)c3c2)c2ccccc21. The Balaban J connectivity index is 1.11. The Labute approximate surface area is 399 Å². The Bertz CT molecular complexity index is 3690. The van der Waals surface area contributed by atoms with E-state index in [4.69, 9.17) is 0 Å². The minimum absolute atomic E-state index is 0.102. The largest absolute Gasteiger partial charge is 0.314 e. The summed E-state index contributed by atoms with van der Waals surface area (Å²) in [5, 5.41) is 7.40. The van der Waals surface area contributed by atoms with E-state index < -0.39 is 0 Å². The van der Waals surface area contributed by atoms with Gasteiger partial charge in [-0.2, -0.15) is 0 Å². The summed E-state index contributed by atoms with van der Waals surface area (Å²) in [4.78, 5) is 5.08. The molecule has 0 aromatic heterocycles. The molecule has 68 heavy (non-hydrogen) atoms. The second kappa shape index (κ2) is 15.3. The summed E-state index contributed by atoms with van der Waals surface area (Å²) >= 11 is 0. The molecule has 2 aliphatic heterocycles. The van der Waals surface area contributed by atoms with Gasteiger partial charge in [-0.25, -0.2) is 0 Å². The first-order valence-electron chi connectivity index (χ1n) is 24.2. The van der Waals surface area contributed by atoms with Crippen molar-refractivity contribution in [2.45, 2.75) is 51.4 Å². The molecular weight excluding hydrogens is 821 g/mol. The van der Waals surface area contributed by atoms with Gasteiger partial charge in [0.15, 0.2) is 0 Å². The molecule has 0 saturated heterocycles. The van der Waals surface area contributed by atoms with Crippen LogP contribution in [0.2, 0.25) is 0 Å². The number of hydrogen-bond acceptors (Lipinski definition) is 2. The lowest BCUT2D eigenvalue weighted by atomic mass is 9.71. The lowest BCUT2D eigenvalue weighted by Gasteiger charge is -2.44. The van der Waals surface area contributed by atoms with Crippen molar-refractivity contribution in [2.75, 3.05) is 9.80 Å². The summed E-state index contributed by atoms with van der Waals surface area (Å²) in [6, 6.07) is 77.4. The minimum Gasteiger partial charge on any atom is -0.314 e. The molecule has 0 spiro atoms. The molecule has 10 aromatic rings. The second-order valence-electron chi connectivity index (χ2n) is 20.0. The summed E-state index contributed by atoms with van der Waals surface area (Å²) in [6.07, 6.45) is 6.79. The van der Waals surface area contributed by atoms with Crippen molar-refractivity contribution in [2.24, 2.45) is 0 Å². The van der Waals surface area contributed by atoms with E-state index in [1.54, 1.807) is 0 Å². The van der Waals surface area contributed by atoms with E-state index in [1.165, 1.54) is 116 Å². The van der Waals surface area contributed by atoms with Crippen LogP contribution in [0.4, 0.5) is 28.4 Å². The number of anilines is 5. The highest BCUT2D eigenvalue weighted by molar-refractivity contribution is 6.23. The molecule has 0 radical (unpaired) electrons. The van der Waals surface area contributed by atoms with E-state index in [1.807, 2.05) is 0 Å². The average molecular weight is 873 g/mol. The summed E-state index contributed by atoms with van der Waals surface area (Å²) < 4.78 is 0. The molecule has 13 rings (SSSR count). The number of hydrogen-bond donors (Lipinski definition) is 0. The third-order valence-electron chi connectivity index (χ3n) is 15.4. The molecule has 0 amide bonds. The Morgan fingerprint density at radius 3 is 1.44 bits per heavy atom. The third kappa shape index (κ3) is 6.10. The molecule has 10 aromatic carbocycles. The van der Waals surface area contributed by atoms with Gasteiger partial charge in [-0.1, -0.05) is 192 Å². The van der Waals surface area contributed by atoms with Crippen molar-refractivity contribution < 1.29 is 0 Å². The first-order valence-corrected chi connectivity index (χ1v) is 24.2. The Morgan fingerprint density at radius 1 is 0.368 bits per heavy atom. The normalized spacial score (nSPS) is 15.6. The van der Waals surface area contributed by atoms with Gasteiger partial charge in [0.25, 0.3) is 0 Å². The van der Waals surface area contributed by atoms with Gasteiger partial charge >= 0.3 is 0 Å². The van der Waals surface area contributed by atoms with Crippen molar-refractivity contribution in [1.29, 1.82) is 0 Å². The van der Waals surface area contributed by atoms with Crippen LogP contribution in [0.5, 0.6) is 0 Å². The molecule has 2 heterocycles. The maximum atomic E-state index is 2.58. The molecule has 0 bridgehead atoms. The maximum Gasteiger partial charge on any atom is 0.0502 e. The molecule has 1 aliphatic carbocycles. The minimum atomic E-state index is -0.152. The zero-order valence-corrected chi connectivity index (χ0v) is 39.1. The van der Waals surface area contributed by atoms with Crippen LogP contribution < -0.4 is 9.80 Å². The Morgan fingerprint density at radius 2 is 0.838 bits per heavy atom. The number of para-hydroxylation sites is 3. The molecule has 0 unspecified atom stereocenters. The van der Waals surface area contributed by atoms with Crippen molar-refractivity contribution >= 4 is 60.8 Å². The van der Waals surface area contributed by atoms with Crippen molar-refractivity contribution in [3.05, 3.63) is 246 Å². The number of allylic oxidation sites excluding steroid dienone is 4. The fourth-order valence-electron chi connectivity index (χ4n) is 12.1. The van der Waals surface area contributed by atoms with Crippen LogP contribution in [0.15, 0.2) is 230 Å². The predicted octanol–water partition coefficient (Wildman–Crippen LogP) is 18.3. The van der Waals surface area contributed by atoms with E-state index in [-0.39, 0.29) is 10.8 Å². The quantitative estimate of drug-likeness (QED) is 0.159. The Hall–Kier alpha value is -7.94. The van der Waals surface area contributed by atoms with Crippen LogP contribution in [0, 0.1) is 0 Å².